The van der Waals surface area contributed by atoms with Crippen molar-refractivity contribution in [1.82, 2.24) is 19.8 Å². The highest BCUT2D eigenvalue weighted by atomic mass is 19.1. The van der Waals surface area contributed by atoms with E-state index in [1.807, 2.05) is 6.92 Å². The van der Waals surface area contributed by atoms with Crippen molar-refractivity contribution >= 4 is 28.7 Å². The minimum absolute atomic E-state index is 0.00763. The molecule has 0 radical (unpaired) electrons. The number of benzene rings is 1. The Balaban J connectivity index is 1.48. The van der Waals surface area contributed by atoms with Crippen LogP contribution in [0.25, 0.3) is 22.3 Å². The molecule has 3 aromatic rings. The zero-order valence-electron chi connectivity index (χ0n) is 24.6. The van der Waals surface area contributed by atoms with Crippen LogP contribution in [0.2, 0.25) is 0 Å². The molecule has 12 nitrogen and oxygen atoms in total. The van der Waals surface area contributed by atoms with Crippen LogP contribution in [-0.4, -0.2) is 63.8 Å². The zero-order chi connectivity index (χ0) is 31.3. The van der Waals surface area contributed by atoms with Crippen molar-refractivity contribution in [2.75, 3.05) is 26.4 Å². The third-order valence-corrected chi connectivity index (χ3v) is 8.84. The number of ether oxygens (including phenoxy) is 2. The van der Waals surface area contributed by atoms with Crippen molar-refractivity contribution in [2.45, 2.75) is 64.3 Å². The van der Waals surface area contributed by atoms with E-state index in [0.29, 0.717) is 42.7 Å². The molecule has 4 N–H and O–H groups in total. The normalized spacial score (nSPS) is 19.7. The number of esters is 1. The van der Waals surface area contributed by atoms with E-state index in [1.165, 1.54) is 16.7 Å². The summed E-state index contributed by atoms with van der Waals surface area (Å²) in [4.78, 5) is 58.0. The minimum Gasteiger partial charge on any atom is -0.458 e. The number of amides is 2. The van der Waals surface area contributed by atoms with E-state index in [9.17, 15) is 28.7 Å². The van der Waals surface area contributed by atoms with Crippen LogP contribution in [0.1, 0.15) is 67.0 Å². The lowest BCUT2D eigenvalue weighted by atomic mass is 9.82. The number of halogens is 1. The second kappa shape index (κ2) is 11.4. The van der Waals surface area contributed by atoms with E-state index in [0.717, 1.165) is 22.1 Å². The van der Waals surface area contributed by atoms with Crippen LogP contribution in [0.15, 0.2) is 23.0 Å². The molecule has 1 aromatic carbocycles. The first-order valence-corrected chi connectivity index (χ1v) is 14.8. The van der Waals surface area contributed by atoms with Crippen molar-refractivity contribution in [3.05, 3.63) is 62.2 Å². The number of aryl methyl sites for hydroxylation is 1. The molecule has 0 saturated carbocycles. The van der Waals surface area contributed by atoms with Gasteiger partial charge in [0.05, 0.1) is 41.6 Å². The number of fused-ring (bicyclic) bond motifs is 5. The Bertz CT molecular complexity index is 1770. The number of aromatic nitrogens is 2. The maximum Gasteiger partial charge on any atom is 0.343 e. The van der Waals surface area contributed by atoms with Crippen molar-refractivity contribution in [2.24, 2.45) is 5.73 Å². The number of pyridine rings is 2. The Labute approximate surface area is 251 Å². The number of nitrogens with one attached hydrogen (secondary N) is 1. The fraction of sp³-hybridized carbons (Fsp3) is 0.452. The monoisotopic (exact) mass is 607 g/mol. The summed E-state index contributed by atoms with van der Waals surface area (Å²) >= 11 is 0. The standard InChI is InChI=1S/C31H34FN5O7/c1-3-7-36(25(39)14-43-15-34-24(38)11-33)22-6-5-16-8-17(32)9-21-26(16)27(22)18-12-37-23(28(18)35-21)10-20-19(29(37)40)13-44-30(41)31(20,42)4-2/h8-10,22,42H,3-7,11-15,33H2,1-2H3,(H,34,38)/t22-,31-/m0/s1. The summed E-state index contributed by atoms with van der Waals surface area (Å²) in [5.74, 6) is -1.95. The third kappa shape index (κ3) is 4.66. The largest absolute Gasteiger partial charge is 0.458 e. The molecule has 2 aliphatic heterocycles. The summed E-state index contributed by atoms with van der Waals surface area (Å²) in [7, 11) is 0. The van der Waals surface area contributed by atoms with Crippen LogP contribution in [0.3, 0.4) is 0 Å². The Morgan fingerprint density at radius 1 is 1.27 bits per heavy atom. The maximum atomic E-state index is 14.8. The number of rotatable bonds is 9. The van der Waals surface area contributed by atoms with Crippen LogP contribution in [0, 0.1) is 5.82 Å². The highest BCUT2D eigenvalue weighted by Gasteiger charge is 2.46. The number of nitrogens with zero attached hydrogens (tertiary/aromatic N) is 3. The first kappa shape index (κ1) is 29.9. The molecule has 232 valence electrons. The van der Waals surface area contributed by atoms with Crippen LogP contribution in [0.5, 0.6) is 0 Å². The molecule has 44 heavy (non-hydrogen) atoms. The fourth-order valence-electron chi connectivity index (χ4n) is 6.73. The summed E-state index contributed by atoms with van der Waals surface area (Å²) in [6.45, 7) is 3.27. The smallest absolute Gasteiger partial charge is 0.343 e. The number of hydrogen-bond acceptors (Lipinski definition) is 9. The minimum atomic E-state index is -1.98. The van der Waals surface area contributed by atoms with E-state index >= 15 is 0 Å². The van der Waals surface area contributed by atoms with Gasteiger partial charge in [-0.1, -0.05) is 13.8 Å². The fourth-order valence-corrected chi connectivity index (χ4v) is 6.73. The van der Waals surface area contributed by atoms with Crippen molar-refractivity contribution in [3.8, 4) is 11.4 Å². The van der Waals surface area contributed by atoms with Crippen LogP contribution < -0.4 is 16.6 Å². The molecule has 0 saturated heterocycles. The molecule has 2 amide bonds. The highest BCUT2D eigenvalue weighted by molar-refractivity contribution is 5.93. The predicted octanol–water partition coefficient (Wildman–Crippen LogP) is 1.49. The molecular weight excluding hydrogens is 573 g/mol. The van der Waals surface area contributed by atoms with E-state index in [1.54, 1.807) is 17.9 Å². The second-order valence-corrected chi connectivity index (χ2v) is 11.4. The maximum absolute atomic E-state index is 14.8. The first-order valence-electron chi connectivity index (χ1n) is 14.8. The molecule has 1 aliphatic carbocycles. The van der Waals surface area contributed by atoms with E-state index in [4.69, 9.17) is 20.2 Å². The van der Waals surface area contributed by atoms with Gasteiger partial charge in [0.15, 0.2) is 5.60 Å². The van der Waals surface area contributed by atoms with Gasteiger partial charge in [0, 0.05) is 29.1 Å². The van der Waals surface area contributed by atoms with Gasteiger partial charge in [-0.3, -0.25) is 14.4 Å². The lowest BCUT2D eigenvalue weighted by molar-refractivity contribution is -0.172. The van der Waals surface area contributed by atoms with Crippen molar-refractivity contribution < 1.29 is 33.4 Å². The summed E-state index contributed by atoms with van der Waals surface area (Å²) in [6, 6.07) is 4.04. The molecule has 2 atom stereocenters. The Hall–Kier alpha value is -4.20. The molecule has 2 aromatic heterocycles. The van der Waals surface area contributed by atoms with Crippen LogP contribution in [-0.2, 0) is 49.0 Å². The van der Waals surface area contributed by atoms with Gasteiger partial charge >= 0.3 is 5.97 Å². The Morgan fingerprint density at radius 3 is 2.80 bits per heavy atom. The van der Waals surface area contributed by atoms with Gasteiger partial charge in [0.2, 0.25) is 11.8 Å². The molecule has 4 heterocycles. The zero-order valence-corrected chi connectivity index (χ0v) is 24.6. The topological polar surface area (TPSA) is 166 Å². The average Bonchev–Trinajstić information content (AvgIpc) is 3.38. The molecule has 3 aliphatic rings. The van der Waals surface area contributed by atoms with Crippen molar-refractivity contribution in [1.29, 1.82) is 0 Å². The molecule has 0 bridgehead atoms. The number of aliphatic hydroxyl groups is 1. The summed E-state index contributed by atoms with van der Waals surface area (Å²) in [5, 5.41) is 14.5. The summed E-state index contributed by atoms with van der Waals surface area (Å²) < 4.78 is 27.0. The average molecular weight is 608 g/mol. The van der Waals surface area contributed by atoms with Gasteiger partial charge in [0.1, 0.15) is 25.8 Å². The molecular formula is C31H34FN5O7. The number of carbonyl (C=O) groups is 3. The van der Waals surface area contributed by atoms with Gasteiger partial charge in [-0.15, -0.1) is 0 Å². The Morgan fingerprint density at radius 2 is 2.07 bits per heavy atom. The molecule has 0 unspecified atom stereocenters. The Kier molecular flexibility index (Phi) is 7.72. The number of nitrogens with two attached hydrogens (primary N) is 1. The molecule has 0 fully saturated rings. The van der Waals surface area contributed by atoms with Gasteiger partial charge < -0.3 is 35.1 Å². The molecule has 0 spiro atoms. The summed E-state index contributed by atoms with van der Waals surface area (Å²) in [6.07, 6.45) is 1.69. The SMILES string of the molecule is CCCN(C(=O)COCNC(=O)CN)[C@H]1CCc2cc(F)cc3nc4c(c1c23)Cn1c-4cc2c(c1=O)COC(=O)[C@]2(O)CC. The lowest BCUT2D eigenvalue weighted by Crippen LogP contribution is -2.44. The van der Waals surface area contributed by atoms with Gasteiger partial charge in [0.25, 0.3) is 5.56 Å². The third-order valence-electron chi connectivity index (χ3n) is 8.84. The summed E-state index contributed by atoms with van der Waals surface area (Å²) in [5.41, 5.74) is 6.85. The number of carbonyl (C=O) groups excluding carboxylic acids is 3. The highest BCUT2D eigenvalue weighted by Crippen LogP contribution is 2.46. The molecule has 6 rings (SSSR count). The van der Waals surface area contributed by atoms with Crippen LogP contribution in [0.4, 0.5) is 4.39 Å². The number of hydrogen-bond donors (Lipinski definition) is 3. The predicted molar refractivity (Wildman–Crippen MR) is 156 cm³/mol. The second-order valence-electron chi connectivity index (χ2n) is 11.4. The van der Waals surface area contributed by atoms with E-state index in [2.05, 4.69) is 5.32 Å². The van der Waals surface area contributed by atoms with E-state index in [-0.39, 0.29) is 56.5 Å². The van der Waals surface area contributed by atoms with Gasteiger partial charge in [-0.2, -0.15) is 0 Å². The number of cyclic esters (lactones) is 1. The lowest BCUT2D eigenvalue weighted by Gasteiger charge is -2.37. The molecule has 13 heteroatoms. The quantitative estimate of drug-likeness (QED) is 0.145. The first-order chi connectivity index (χ1) is 21.1. The van der Waals surface area contributed by atoms with E-state index < -0.39 is 34.9 Å². The van der Waals surface area contributed by atoms with Crippen LogP contribution >= 0.6 is 0 Å². The van der Waals surface area contributed by atoms with Gasteiger partial charge in [-0.25, -0.2) is 14.2 Å². The van der Waals surface area contributed by atoms with Gasteiger partial charge in [-0.05, 0) is 48.9 Å². The van der Waals surface area contributed by atoms with Crippen molar-refractivity contribution in [3.63, 3.8) is 0 Å².